The fourth-order valence-electron chi connectivity index (χ4n) is 3.21. The largest absolute Gasteiger partial charge is 0.481 e. The van der Waals surface area contributed by atoms with Gasteiger partial charge in [-0.2, -0.15) is 0 Å². The van der Waals surface area contributed by atoms with Gasteiger partial charge >= 0.3 is 5.97 Å². The van der Waals surface area contributed by atoms with Gasteiger partial charge < -0.3 is 5.11 Å². The van der Waals surface area contributed by atoms with Crippen LogP contribution in [0.3, 0.4) is 0 Å². The monoisotopic (exact) mass is 211 g/mol. The maximum absolute atomic E-state index is 10.8. The van der Waals surface area contributed by atoms with Crippen molar-refractivity contribution in [2.45, 2.75) is 45.1 Å². The van der Waals surface area contributed by atoms with Gasteiger partial charge in [-0.05, 0) is 38.1 Å². The molecule has 1 aliphatic carbocycles. The van der Waals surface area contributed by atoms with Crippen LogP contribution in [0.4, 0.5) is 0 Å². The Kier molecular flexibility index (Phi) is 3.29. The number of piperidine rings is 1. The Morgan fingerprint density at radius 3 is 2.87 bits per heavy atom. The molecule has 1 heterocycles. The maximum atomic E-state index is 10.8. The average Bonchev–Trinajstić information content (AvgIpc) is 2.66. The summed E-state index contributed by atoms with van der Waals surface area (Å²) in [6, 6.07) is 0.695. The molecule has 3 heteroatoms. The fraction of sp³-hybridized carbons (Fsp3) is 0.917. The third-order valence-corrected chi connectivity index (χ3v) is 4.04. The summed E-state index contributed by atoms with van der Waals surface area (Å²) in [6.45, 7) is 3.68. The van der Waals surface area contributed by atoms with Crippen LogP contribution in [0.1, 0.15) is 39.0 Å². The summed E-state index contributed by atoms with van der Waals surface area (Å²) in [5.41, 5.74) is 0. The number of likely N-dealkylation sites (tertiary alicyclic amines) is 1. The Balaban J connectivity index is 1.93. The molecule has 1 N–H and O–H groups in total. The van der Waals surface area contributed by atoms with E-state index in [1.807, 2.05) is 6.92 Å². The standard InChI is InChI=1S/C12H21NO2/c1-9(12(14)15)8-13-7-3-5-10-4-2-6-11(10)13/h9-11H,2-8H2,1H3,(H,14,15). The maximum Gasteiger partial charge on any atom is 0.307 e. The van der Waals surface area contributed by atoms with Gasteiger partial charge in [0.05, 0.1) is 5.92 Å². The van der Waals surface area contributed by atoms with Gasteiger partial charge in [-0.1, -0.05) is 13.3 Å². The van der Waals surface area contributed by atoms with Crippen LogP contribution in [0, 0.1) is 11.8 Å². The number of nitrogens with zero attached hydrogens (tertiary/aromatic N) is 1. The van der Waals surface area contributed by atoms with Crippen molar-refractivity contribution in [3.8, 4) is 0 Å². The molecule has 86 valence electrons. The summed E-state index contributed by atoms with van der Waals surface area (Å²) in [4.78, 5) is 13.3. The number of aliphatic carboxylic acids is 1. The van der Waals surface area contributed by atoms with Crippen molar-refractivity contribution in [1.29, 1.82) is 0 Å². The molecule has 3 atom stereocenters. The van der Waals surface area contributed by atoms with Crippen molar-refractivity contribution in [2.24, 2.45) is 11.8 Å². The summed E-state index contributed by atoms with van der Waals surface area (Å²) in [5, 5.41) is 8.93. The highest BCUT2D eigenvalue weighted by molar-refractivity contribution is 5.69. The lowest BCUT2D eigenvalue weighted by molar-refractivity contribution is -0.142. The van der Waals surface area contributed by atoms with Crippen molar-refractivity contribution >= 4 is 5.97 Å². The van der Waals surface area contributed by atoms with Gasteiger partial charge in [-0.25, -0.2) is 0 Å². The van der Waals surface area contributed by atoms with Gasteiger partial charge in [-0.3, -0.25) is 9.69 Å². The van der Waals surface area contributed by atoms with Crippen LogP contribution in [0.5, 0.6) is 0 Å². The summed E-state index contributed by atoms with van der Waals surface area (Å²) >= 11 is 0. The second-order valence-corrected chi connectivity index (χ2v) is 5.13. The molecule has 0 aromatic rings. The normalized spacial score (nSPS) is 33.7. The van der Waals surface area contributed by atoms with Crippen molar-refractivity contribution in [1.82, 2.24) is 4.90 Å². The lowest BCUT2D eigenvalue weighted by atomic mass is 9.91. The third kappa shape index (κ3) is 2.33. The third-order valence-electron chi connectivity index (χ3n) is 4.04. The summed E-state index contributed by atoms with van der Waals surface area (Å²) in [6.07, 6.45) is 6.61. The van der Waals surface area contributed by atoms with E-state index in [2.05, 4.69) is 4.90 Å². The van der Waals surface area contributed by atoms with Crippen LogP contribution in [0.15, 0.2) is 0 Å². The number of rotatable bonds is 3. The highest BCUT2D eigenvalue weighted by atomic mass is 16.4. The minimum absolute atomic E-state index is 0.218. The van der Waals surface area contributed by atoms with Gasteiger partial charge in [-0.15, -0.1) is 0 Å². The van der Waals surface area contributed by atoms with E-state index in [-0.39, 0.29) is 5.92 Å². The first-order chi connectivity index (χ1) is 7.18. The van der Waals surface area contributed by atoms with E-state index >= 15 is 0 Å². The van der Waals surface area contributed by atoms with Crippen molar-refractivity contribution in [2.75, 3.05) is 13.1 Å². The number of hydrogen-bond donors (Lipinski definition) is 1. The predicted octanol–water partition coefficient (Wildman–Crippen LogP) is 1.97. The molecule has 3 unspecified atom stereocenters. The molecule has 2 aliphatic rings. The highest BCUT2D eigenvalue weighted by Crippen LogP contribution is 2.36. The molecule has 3 nitrogen and oxygen atoms in total. The number of carboxylic acid groups (broad SMARTS) is 1. The van der Waals surface area contributed by atoms with E-state index < -0.39 is 5.97 Å². The molecule has 2 fully saturated rings. The van der Waals surface area contributed by atoms with E-state index in [1.54, 1.807) is 0 Å². The summed E-state index contributed by atoms with van der Waals surface area (Å²) in [5.74, 6) is -0.0146. The molecule has 0 radical (unpaired) electrons. The number of fused-ring (bicyclic) bond motifs is 1. The molecule has 0 bridgehead atoms. The Morgan fingerprint density at radius 2 is 2.13 bits per heavy atom. The quantitative estimate of drug-likeness (QED) is 0.776. The second kappa shape index (κ2) is 4.52. The second-order valence-electron chi connectivity index (χ2n) is 5.13. The Bertz CT molecular complexity index is 242. The molecule has 1 saturated carbocycles. The topological polar surface area (TPSA) is 40.5 Å². The number of carboxylic acids is 1. The minimum atomic E-state index is -0.657. The van der Waals surface area contributed by atoms with Gasteiger partial charge in [0.2, 0.25) is 0 Å². The Hall–Kier alpha value is -0.570. The lowest BCUT2D eigenvalue weighted by Crippen LogP contribution is -2.45. The zero-order valence-electron chi connectivity index (χ0n) is 9.48. The Labute approximate surface area is 91.5 Å². The predicted molar refractivity (Wildman–Crippen MR) is 58.7 cm³/mol. The zero-order chi connectivity index (χ0) is 10.8. The van der Waals surface area contributed by atoms with Crippen LogP contribution in [0.25, 0.3) is 0 Å². The van der Waals surface area contributed by atoms with Crippen LogP contribution < -0.4 is 0 Å². The lowest BCUT2D eigenvalue weighted by Gasteiger charge is -2.38. The average molecular weight is 211 g/mol. The fourth-order valence-corrected chi connectivity index (χ4v) is 3.21. The molecule has 0 spiro atoms. The van der Waals surface area contributed by atoms with E-state index in [9.17, 15) is 4.79 Å². The molecule has 0 amide bonds. The molecule has 1 saturated heterocycles. The first-order valence-corrected chi connectivity index (χ1v) is 6.15. The minimum Gasteiger partial charge on any atom is -0.481 e. The van der Waals surface area contributed by atoms with E-state index in [0.717, 1.165) is 19.0 Å². The highest BCUT2D eigenvalue weighted by Gasteiger charge is 2.35. The SMILES string of the molecule is CC(CN1CCCC2CCCC21)C(=O)O. The van der Waals surface area contributed by atoms with Gasteiger partial charge in [0.15, 0.2) is 0 Å². The summed E-state index contributed by atoms with van der Waals surface area (Å²) in [7, 11) is 0. The molecular formula is C12H21NO2. The zero-order valence-corrected chi connectivity index (χ0v) is 9.48. The number of hydrogen-bond acceptors (Lipinski definition) is 2. The van der Waals surface area contributed by atoms with Crippen molar-refractivity contribution in [3.63, 3.8) is 0 Å². The van der Waals surface area contributed by atoms with Crippen LogP contribution in [0.2, 0.25) is 0 Å². The molecular weight excluding hydrogens is 190 g/mol. The van der Waals surface area contributed by atoms with E-state index in [1.165, 1.54) is 32.1 Å². The van der Waals surface area contributed by atoms with Gasteiger partial charge in [0.1, 0.15) is 0 Å². The van der Waals surface area contributed by atoms with Gasteiger partial charge in [0, 0.05) is 12.6 Å². The molecule has 15 heavy (non-hydrogen) atoms. The molecule has 0 aromatic carbocycles. The van der Waals surface area contributed by atoms with Crippen molar-refractivity contribution < 1.29 is 9.90 Å². The molecule has 2 rings (SSSR count). The van der Waals surface area contributed by atoms with Crippen LogP contribution >= 0.6 is 0 Å². The van der Waals surface area contributed by atoms with Crippen molar-refractivity contribution in [3.05, 3.63) is 0 Å². The van der Waals surface area contributed by atoms with Crippen LogP contribution in [-0.4, -0.2) is 35.1 Å². The Morgan fingerprint density at radius 1 is 1.40 bits per heavy atom. The van der Waals surface area contributed by atoms with E-state index in [4.69, 9.17) is 5.11 Å². The molecule has 0 aromatic heterocycles. The van der Waals surface area contributed by atoms with Gasteiger partial charge in [0.25, 0.3) is 0 Å². The van der Waals surface area contributed by atoms with Crippen LogP contribution in [-0.2, 0) is 4.79 Å². The van der Waals surface area contributed by atoms with E-state index in [0.29, 0.717) is 6.04 Å². The first kappa shape index (κ1) is 10.9. The number of carbonyl (C=O) groups is 1. The smallest absolute Gasteiger partial charge is 0.307 e. The summed E-state index contributed by atoms with van der Waals surface area (Å²) < 4.78 is 0. The molecule has 1 aliphatic heterocycles. The first-order valence-electron chi connectivity index (χ1n) is 6.15.